The van der Waals surface area contributed by atoms with Crippen LogP contribution in [-0.4, -0.2) is 94.7 Å². The molecule has 0 atom stereocenters. The topological polar surface area (TPSA) is 138 Å². The Balaban J connectivity index is 1.51. The zero-order valence-corrected chi connectivity index (χ0v) is 20.2. The zero-order valence-electron chi connectivity index (χ0n) is 20.2. The molecule has 0 spiro atoms. The number of fused-ring (bicyclic) bond motifs is 1. The summed E-state index contributed by atoms with van der Waals surface area (Å²) in [6.45, 7) is 3.32. The molecule has 4 heterocycles. The van der Waals surface area contributed by atoms with E-state index in [1.807, 2.05) is 28.9 Å². The van der Waals surface area contributed by atoms with Crippen molar-refractivity contribution in [2.24, 2.45) is 0 Å². The molecule has 5 rings (SSSR count). The van der Waals surface area contributed by atoms with Gasteiger partial charge in [0, 0.05) is 44.5 Å². The predicted octanol–water partition coefficient (Wildman–Crippen LogP) is 1.24. The van der Waals surface area contributed by atoms with Gasteiger partial charge in [-0.15, -0.1) is 0 Å². The molecule has 0 aliphatic carbocycles. The van der Waals surface area contributed by atoms with Crippen LogP contribution in [-0.2, 0) is 9.53 Å². The van der Waals surface area contributed by atoms with Gasteiger partial charge in [-0.2, -0.15) is 10.1 Å². The number of aliphatic hydroxyl groups excluding tert-OH is 1. The number of benzene rings is 1. The second-order valence-corrected chi connectivity index (χ2v) is 8.85. The van der Waals surface area contributed by atoms with Crippen LogP contribution < -0.4 is 15.5 Å². The average molecular weight is 495 g/mol. The molecular weight excluding hydrogens is 464 g/mol. The number of likely N-dealkylation sites (tertiary alicyclic amines) is 1. The van der Waals surface area contributed by atoms with Crippen molar-refractivity contribution in [3.05, 3.63) is 30.5 Å². The number of morpholine rings is 1. The highest BCUT2D eigenvalue weighted by molar-refractivity contribution is 5.93. The molecule has 1 aromatic carbocycles. The minimum atomic E-state index is -0.466. The molecule has 2 aliphatic rings. The molecular formula is C24H30N8O4. The molecule has 3 aromatic rings. The third-order valence-electron chi connectivity index (χ3n) is 6.68. The normalized spacial score (nSPS) is 16.8. The zero-order chi connectivity index (χ0) is 25.1. The Morgan fingerprint density at radius 3 is 2.47 bits per heavy atom. The first-order chi connectivity index (χ1) is 17.6. The summed E-state index contributed by atoms with van der Waals surface area (Å²) in [4.78, 5) is 37.2. The van der Waals surface area contributed by atoms with Gasteiger partial charge in [0.1, 0.15) is 6.61 Å². The van der Waals surface area contributed by atoms with Crippen molar-refractivity contribution in [3.8, 4) is 11.3 Å². The Hall–Kier alpha value is -3.77. The van der Waals surface area contributed by atoms with E-state index >= 15 is 0 Å². The quantitative estimate of drug-likeness (QED) is 0.482. The van der Waals surface area contributed by atoms with E-state index in [0.29, 0.717) is 51.0 Å². The van der Waals surface area contributed by atoms with Gasteiger partial charge in [-0.1, -0.05) is 12.1 Å². The van der Waals surface area contributed by atoms with E-state index in [0.717, 1.165) is 35.1 Å². The molecule has 36 heavy (non-hydrogen) atoms. The summed E-state index contributed by atoms with van der Waals surface area (Å²) in [7, 11) is 1.57. The first kappa shape index (κ1) is 23.9. The Morgan fingerprint density at radius 1 is 1.08 bits per heavy atom. The maximum absolute atomic E-state index is 11.9. The van der Waals surface area contributed by atoms with E-state index in [1.165, 1.54) is 0 Å². The number of amides is 3. The predicted molar refractivity (Wildman–Crippen MR) is 134 cm³/mol. The summed E-state index contributed by atoms with van der Waals surface area (Å²) in [5, 5.41) is 20.0. The largest absolute Gasteiger partial charge is 0.387 e. The van der Waals surface area contributed by atoms with Crippen molar-refractivity contribution in [1.82, 2.24) is 30.0 Å². The van der Waals surface area contributed by atoms with Crippen molar-refractivity contribution in [2.45, 2.75) is 18.9 Å². The number of ether oxygens (including phenoxy) is 1. The average Bonchev–Trinajstić information content (AvgIpc) is 3.37. The van der Waals surface area contributed by atoms with Crippen LogP contribution in [0.5, 0.6) is 0 Å². The SMILES string of the molecule is CNC(=O)Nc1ccc(-c2nc(N3CCOCC3)nc3c2cnn3C2CCN(C(=O)CO)CC2)cc1. The summed E-state index contributed by atoms with van der Waals surface area (Å²) < 4.78 is 7.47. The van der Waals surface area contributed by atoms with Gasteiger partial charge in [0.25, 0.3) is 0 Å². The van der Waals surface area contributed by atoms with Gasteiger partial charge in [0.15, 0.2) is 5.65 Å². The molecule has 2 saturated heterocycles. The lowest BCUT2D eigenvalue weighted by atomic mass is 10.0. The van der Waals surface area contributed by atoms with Gasteiger partial charge >= 0.3 is 6.03 Å². The van der Waals surface area contributed by atoms with Crippen molar-refractivity contribution in [3.63, 3.8) is 0 Å². The molecule has 0 radical (unpaired) electrons. The van der Waals surface area contributed by atoms with Gasteiger partial charge in [-0.3, -0.25) is 4.79 Å². The minimum absolute atomic E-state index is 0.0877. The molecule has 2 aromatic heterocycles. The lowest BCUT2D eigenvalue weighted by Crippen LogP contribution is -2.40. The Kier molecular flexibility index (Phi) is 6.96. The molecule has 2 aliphatic heterocycles. The molecule has 3 N–H and O–H groups in total. The van der Waals surface area contributed by atoms with Crippen molar-refractivity contribution >= 4 is 34.6 Å². The number of hydrogen-bond donors (Lipinski definition) is 3. The maximum atomic E-state index is 11.9. The number of carbonyl (C=O) groups excluding carboxylic acids is 2. The molecule has 0 unspecified atom stereocenters. The number of nitrogens with zero attached hydrogens (tertiary/aromatic N) is 6. The van der Waals surface area contributed by atoms with Gasteiger partial charge in [-0.25, -0.2) is 14.5 Å². The second kappa shape index (κ2) is 10.5. The molecule has 3 amide bonds. The number of carbonyl (C=O) groups is 2. The highest BCUT2D eigenvalue weighted by Gasteiger charge is 2.27. The number of aliphatic hydroxyl groups is 1. The number of anilines is 2. The molecule has 0 bridgehead atoms. The lowest BCUT2D eigenvalue weighted by molar-refractivity contribution is -0.135. The van der Waals surface area contributed by atoms with Crippen LogP contribution >= 0.6 is 0 Å². The fourth-order valence-corrected chi connectivity index (χ4v) is 4.67. The molecule has 12 heteroatoms. The standard InChI is InChI=1S/C24H30N8O4/c1-25-24(35)27-17-4-2-16(3-5-17)21-19-14-26-32(18-6-8-30(9-7-18)20(34)15-33)22(19)29-23(28-21)31-10-12-36-13-11-31/h2-5,14,18,33H,6-13,15H2,1H3,(H2,25,27,35). The highest BCUT2D eigenvalue weighted by Crippen LogP contribution is 2.32. The smallest absolute Gasteiger partial charge is 0.318 e. The van der Waals surface area contributed by atoms with E-state index in [2.05, 4.69) is 15.5 Å². The summed E-state index contributed by atoms with van der Waals surface area (Å²) >= 11 is 0. The molecule has 12 nitrogen and oxygen atoms in total. The fourth-order valence-electron chi connectivity index (χ4n) is 4.67. The van der Waals surface area contributed by atoms with Crippen LogP contribution in [0.15, 0.2) is 30.5 Å². The maximum Gasteiger partial charge on any atom is 0.318 e. The number of nitrogens with one attached hydrogen (secondary N) is 2. The number of rotatable bonds is 5. The first-order valence-electron chi connectivity index (χ1n) is 12.1. The van der Waals surface area contributed by atoms with Gasteiger partial charge in [-0.05, 0) is 25.0 Å². The van der Waals surface area contributed by atoms with Crippen LogP contribution in [0, 0.1) is 0 Å². The van der Waals surface area contributed by atoms with Crippen LogP contribution in [0.4, 0.5) is 16.4 Å². The monoisotopic (exact) mass is 494 g/mol. The Morgan fingerprint density at radius 2 is 1.81 bits per heavy atom. The van der Waals surface area contributed by atoms with E-state index in [1.54, 1.807) is 18.1 Å². The molecule has 0 saturated carbocycles. The number of piperidine rings is 1. The fraction of sp³-hybridized carbons (Fsp3) is 0.458. The van der Waals surface area contributed by atoms with Crippen molar-refractivity contribution < 1.29 is 19.4 Å². The number of hydrogen-bond acceptors (Lipinski definition) is 8. The summed E-state index contributed by atoms with van der Waals surface area (Å²) in [6.07, 6.45) is 3.26. The highest BCUT2D eigenvalue weighted by atomic mass is 16.5. The van der Waals surface area contributed by atoms with E-state index < -0.39 is 6.61 Å². The Labute approximate surface area is 208 Å². The summed E-state index contributed by atoms with van der Waals surface area (Å²) in [6, 6.07) is 7.33. The van der Waals surface area contributed by atoms with Gasteiger partial charge < -0.3 is 30.3 Å². The summed E-state index contributed by atoms with van der Waals surface area (Å²) in [5.74, 6) is 0.385. The number of urea groups is 1. The third-order valence-corrected chi connectivity index (χ3v) is 6.68. The van der Waals surface area contributed by atoms with E-state index in [9.17, 15) is 14.7 Å². The van der Waals surface area contributed by atoms with Crippen LogP contribution in [0.1, 0.15) is 18.9 Å². The van der Waals surface area contributed by atoms with Crippen molar-refractivity contribution in [2.75, 3.05) is 63.3 Å². The van der Waals surface area contributed by atoms with Crippen molar-refractivity contribution in [1.29, 1.82) is 0 Å². The summed E-state index contributed by atoms with van der Waals surface area (Å²) in [5.41, 5.74) is 3.09. The first-order valence-corrected chi connectivity index (χ1v) is 12.1. The lowest BCUT2D eigenvalue weighted by Gasteiger charge is -2.32. The van der Waals surface area contributed by atoms with E-state index in [4.69, 9.17) is 19.8 Å². The minimum Gasteiger partial charge on any atom is -0.387 e. The number of aromatic nitrogens is 4. The second-order valence-electron chi connectivity index (χ2n) is 8.85. The van der Waals surface area contributed by atoms with Crippen LogP contribution in [0.2, 0.25) is 0 Å². The van der Waals surface area contributed by atoms with Crippen LogP contribution in [0.3, 0.4) is 0 Å². The van der Waals surface area contributed by atoms with Gasteiger partial charge in [0.2, 0.25) is 11.9 Å². The van der Waals surface area contributed by atoms with Crippen LogP contribution in [0.25, 0.3) is 22.3 Å². The van der Waals surface area contributed by atoms with E-state index in [-0.39, 0.29) is 18.0 Å². The van der Waals surface area contributed by atoms with Gasteiger partial charge in [0.05, 0.1) is 36.5 Å². The molecule has 190 valence electrons. The third kappa shape index (κ3) is 4.82. The molecule has 2 fully saturated rings. The Bertz CT molecular complexity index is 1230.